The van der Waals surface area contributed by atoms with Gasteiger partial charge in [-0.25, -0.2) is 0 Å². The van der Waals surface area contributed by atoms with Gasteiger partial charge in [0.05, 0.1) is 12.8 Å². The van der Waals surface area contributed by atoms with Crippen LogP contribution in [0.15, 0.2) is 16.7 Å². The van der Waals surface area contributed by atoms with Crippen LogP contribution in [0, 0.1) is 5.92 Å². The maximum absolute atomic E-state index is 5.70. The van der Waals surface area contributed by atoms with Crippen molar-refractivity contribution in [1.29, 1.82) is 0 Å². The molecule has 0 spiro atoms. The Morgan fingerprint density at radius 1 is 1.29 bits per heavy atom. The van der Waals surface area contributed by atoms with Crippen LogP contribution in [0.1, 0.15) is 37.0 Å². The summed E-state index contributed by atoms with van der Waals surface area (Å²) in [6.07, 6.45) is 7.17. The summed E-state index contributed by atoms with van der Waals surface area (Å²) in [5.41, 5.74) is 1.33. The molecule has 4 heteroatoms. The third kappa shape index (κ3) is 4.56. The summed E-state index contributed by atoms with van der Waals surface area (Å²) in [4.78, 5) is 4.86. The van der Waals surface area contributed by atoms with Crippen LogP contribution in [0.4, 0.5) is 0 Å². The first-order valence-electron chi connectivity index (χ1n) is 8.36. The van der Waals surface area contributed by atoms with E-state index >= 15 is 0 Å². The van der Waals surface area contributed by atoms with Crippen LogP contribution in [0.3, 0.4) is 0 Å². The quantitative estimate of drug-likeness (QED) is 0.835. The highest BCUT2D eigenvalue weighted by molar-refractivity contribution is 5.17. The summed E-state index contributed by atoms with van der Waals surface area (Å²) in [7, 11) is 4.45. The Bertz CT molecular complexity index is 433. The summed E-state index contributed by atoms with van der Waals surface area (Å²) in [5, 5.41) is 3.57. The zero-order chi connectivity index (χ0) is 14.7. The molecule has 1 saturated carbocycles. The lowest BCUT2D eigenvalue weighted by Crippen LogP contribution is -2.35. The normalized spacial score (nSPS) is 21.3. The van der Waals surface area contributed by atoms with E-state index < -0.39 is 0 Å². The molecule has 0 bridgehead atoms. The van der Waals surface area contributed by atoms with Crippen molar-refractivity contribution in [1.82, 2.24) is 15.1 Å². The Labute approximate surface area is 128 Å². The molecule has 0 unspecified atom stereocenters. The van der Waals surface area contributed by atoms with Crippen molar-refractivity contribution in [2.75, 3.05) is 33.7 Å². The molecule has 2 fully saturated rings. The van der Waals surface area contributed by atoms with Crippen LogP contribution in [0.5, 0.6) is 0 Å². The number of furan rings is 1. The first-order valence-corrected chi connectivity index (χ1v) is 8.36. The molecule has 2 heterocycles. The van der Waals surface area contributed by atoms with E-state index in [0.29, 0.717) is 0 Å². The lowest BCUT2D eigenvalue weighted by atomic mass is 9.96. The summed E-state index contributed by atoms with van der Waals surface area (Å²) in [6, 6.07) is 2.87. The molecule has 0 amide bonds. The highest BCUT2D eigenvalue weighted by Crippen LogP contribution is 2.22. The second-order valence-corrected chi connectivity index (χ2v) is 6.97. The first kappa shape index (κ1) is 15.1. The Balaban J connectivity index is 1.45. The van der Waals surface area contributed by atoms with Crippen molar-refractivity contribution in [3.05, 3.63) is 23.7 Å². The highest BCUT2D eigenvalue weighted by atomic mass is 16.3. The standard InChI is InChI=1S/C17H29N3O/c1-19-8-5-14(6-9-19)12-20(2)13-17-15(7-10-21-17)11-18-16-3-4-16/h7,10,14,16,18H,3-6,8-9,11-13H2,1-2H3. The molecule has 0 radical (unpaired) electrons. The summed E-state index contributed by atoms with van der Waals surface area (Å²) >= 11 is 0. The number of likely N-dealkylation sites (tertiary alicyclic amines) is 1. The van der Waals surface area contributed by atoms with Gasteiger partial charge in [-0.05, 0) is 64.9 Å². The topological polar surface area (TPSA) is 31.6 Å². The van der Waals surface area contributed by atoms with Crippen LogP contribution < -0.4 is 5.32 Å². The van der Waals surface area contributed by atoms with Crippen molar-refractivity contribution in [3.63, 3.8) is 0 Å². The molecule has 1 N–H and O–H groups in total. The van der Waals surface area contributed by atoms with E-state index in [0.717, 1.165) is 30.8 Å². The van der Waals surface area contributed by atoms with Gasteiger partial charge in [0.2, 0.25) is 0 Å². The van der Waals surface area contributed by atoms with Gasteiger partial charge in [0.25, 0.3) is 0 Å². The van der Waals surface area contributed by atoms with Crippen molar-refractivity contribution < 1.29 is 4.42 Å². The van der Waals surface area contributed by atoms with Gasteiger partial charge in [-0.2, -0.15) is 0 Å². The number of nitrogens with zero attached hydrogens (tertiary/aromatic N) is 2. The van der Waals surface area contributed by atoms with Crippen molar-refractivity contribution in [2.24, 2.45) is 5.92 Å². The molecule has 0 atom stereocenters. The largest absolute Gasteiger partial charge is 0.468 e. The van der Waals surface area contributed by atoms with Crippen molar-refractivity contribution in [2.45, 2.75) is 44.8 Å². The van der Waals surface area contributed by atoms with Crippen LogP contribution in [-0.2, 0) is 13.1 Å². The second-order valence-electron chi connectivity index (χ2n) is 6.97. The second kappa shape index (κ2) is 6.95. The molecule has 0 aromatic carbocycles. The van der Waals surface area contributed by atoms with Gasteiger partial charge in [-0.3, -0.25) is 4.90 Å². The maximum Gasteiger partial charge on any atom is 0.122 e. The third-order valence-electron chi connectivity index (χ3n) is 4.82. The van der Waals surface area contributed by atoms with Gasteiger partial charge in [0, 0.05) is 24.7 Å². The first-order chi connectivity index (χ1) is 10.2. The molecule has 1 aliphatic carbocycles. The SMILES string of the molecule is CN1CCC(CN(C)Cc2occc2CNC2CC2)CC1. The Hall–Kier alpha value is -0.840. The zero-order valence-electron chi connectivity index (χ0n) is 13.5. The number of nitrogens with one attached hydrogen (secondary N) is 1. The molecular formula is C17H29N3O. The molecule has 118 valence electrons. The maximum atomic E-state index is 5.70. The van der Waals surface area contributed by atoms with E-state index in [9.17, 15) is 0 Å². The fourth-order valence-electron chi connectivity index (χ4n) is 3.20. The Kier molecular flexibility index (Phi) is 4.99. The average Bonchev–Trinajstić information content (AvgIpc) is 3.20. The molecule has 1 aromatic rings. The van der Waals surface area contributed by atoms with Crippen LogP contribution in [0.2, 0.25) is 0 Å². The number of hydrogen-bond donors (Lipinski definition) is 1. The van der Waals surface area contributed by atoms with E-state index in [2.05, 4.69) is 35.3 Å². The molecular weight excluding hydrogens is 262 g/mol. The van der Waals surface area contributed by atoms with Gasteiger partial charge in [0.15, 0.2) is 0 Å². The van der Waals surface area contributed by atoms with Gasteiger partial charge in [0.1, 0.15) is 5.76 Å². The minimum absolute atomic E-state index is 0.754. The lowest BCUT2D eigenvalue weighted by Gasteiger charge is -2.31. The number of piperidine rings is 1. The minimum Gasteiger partial charge on any atom is -0.468 e. The number of rotatable bonds is 7. The third-order valence-corrected chi connectivity index (χ3v) is 4.82. The Morgan fingerprint density at radius 3 is 2.76 bits per heavy atom. The van der Waals surface area contributed by atoms with Gasteiger partial charge in [-0.15, -0.1) is 0 Å². The van der Waals surface area contributed by atoms with Crippen LogP contribution in [-0.4, -0.2) is 49.6 Å². The summed E-state index contributed by atoms with van der Waals surface area (Å²) in [6.45, 7) is 5.56. The van der Waals surface area contributed by atoms with Crippen molar-refractivity contribution in [3.8, 4) is 0 Å². The summed E-state index contributed by atoms with van der Waals surface area (Å²) < 4.78 is 5.70. The summed E-state index contributed by atoms with van der Waals surface area (Å²) in [5.74, 6) is 1.98. The smallest absolute Gasteiger partial charge is 0.122 e. The Morgan fingerprint density at radius 2 is 2.05 bits per heavy atom. The van der Waals surface area contributed by atoms with E-state index in [1.54, 1.807) is 0 Å². The molecule has 4 nitrogen and oxygen atoms in total. The molecule has 21 heavy (non-hydrogen) atoms. The van der Waals surface area contributed by atoms with Gasteiger partial charge >= 0.3 is 0 Å². The minimum atomic E-state index is 0.754. The fraction of sp³-hybridized carbons (Fsp3) is 0.765. The van der Waals surface area contributed by atoms with E-state index in [-0.39, 0.29) is 0 Å². The predicted octanol–water partition coefficient (Wildman–Crippen LogP) is 2.31. The molecule has 3 rings (SSSR count). The molecule has 1 aromatic heterocycles. The van der Waals surface area contributed by atoms with Crippen LogP contribution >= 0.6 is 0 Å². The average molecular weight is 291 g/mol. The fourth-order valence-corrected chi connectivity index (χ4v) is 3.20. The zero-order valence-corrected chi connectivity index (χ0v) is 13.5. The molecule has 1 aliphatic heterocycles. The molecule has 2 aliphatic rings. The van der Waals surface area contributed by atoms with E-state index in [4.69, 9.17) is 4.42 Å². The van der Waals surface area contributed by atoms with Gasteiger partial charge in [-0.1, -0.05) is 0 Å². The van der Waals surface area contributed by atoms with Crippen molar-refractivity contribution >= 4 is 0 Å². The highest BCUT2D eigenvalue weighted by Gasteiger charge is 2.22. The monoisotopic (exact) mass is 291 g/mol. The van der Waals surface area contributed by atoms with E-state index in [1.165, 1.54) is 50.9 Å². The number of hydrogen-bond acceptors (Lipinski definition) is 4. The lowest BCUT2D eigenvalue weighted by molar-refractivity contribution is 0.168. The molecule has 1 saturated heterocycles. The van der Waals surface area contributed by atoms with Gasteiger partial charge < -0.3 is 14.6 Å². The van der Waals surface area contributed by atoms with E-state index in [1.807, 2.05) is 6.26 Å². The predicted molar refractivity (Wildman–Crippen MR) is 85.1 cm³/mol. The van der Waals surface area contributed by atoms with Crippen LogP contribution in [0.25, 0.3) is 0 Å².